The first-order valence-corrected chi connectivity index (χ1v) is 7.30. The first-order chi connectivity index (χ1) is 11.1. The van der Waals surface area contributed by atoms with Crippen LogP contribution in [0.2, 0.25) is 5.02 Å². The summed E-state index contributed by atoms with van der Waals surface area (Å²) in [5, 5.41) is 10.9. The number of nitrogens with one attached hydrogen (secondary N) is 2. The van der Waals surface area contributed by atoms with Gasteiger partial charge in [0.25, 0.3) is 0 Å². The predicted octanol–water partition coefficient (Wildman–Crippen LogP) is 2.99. The van der Waals surface area contributed by atoms with Crippen LogP contribution in [-0.4, -0.2) is 23.2 Å². The standard InChI is InChI=1S/C16H15ClN4O2/c1-23-14-5-2-9(6-12(14)17)7-15(22)19-10-3-4-11-13(8-10)20-21-16(11)18/h2-6,8H,7H2,1H3,(H,19,22)(H3,18,20,21). The SMILES string of the molecule is COc1ccc(CC(=O)Nc2ccc3c(N)n[nH]c3c2)cc1Cl. The number of anilines is 2. The van der Waals surface area contributed by atoms with E-state index >= 15 is 0 Å². The molecule has 3 rings (SSSR count). The summed E-state index contributed by atoms with van der Waals surface area (Å²) < 4.78 is 5.09. The Hall–Kier alpha value is -2.73. The van der Waals surface area contributed by atoms with E-state index in [9.17, 15) is 4.79 Å². The maximum atomic E-state index is 12.2. The summed E-state index contributed by atoms with van der Waals surface area (Å²) in [7, 11) is 1.55. The maximum absolute atomic E-state index is 12.2. The van der Waals surface area contributed by atoms with Crippen LogP contribution in [0.15, 0.2) is 36.4 Å². The smallest absolute Gasteiger partial charge is 0.228 e. The Bertz CT molecular complexity index is 876. The molecule has 0 unspecified atom stereocenters. The van der Waals surface area contributed by atoms with Crippen molar-refractivity contribution in [2.75, 3.05) is 18.2 Å². The van der Waals surface area contributed by atoms with Gasteiger partial charge in [0.15, 0.2) is 5.82 Å². The molecule has 2 aromatic carbocycles. The lowest BCUT2D eigenvalue weighted by molar-refractivity contribution is -0.115. The first kappa shape index (κ1) is 15.2. The number of benzene rings is 2. The van der Waals surface area contributed by atoms with Crippen molar-refractivity contribution in [3.05, 3.63) is 47.0 Å². The van der Waals surface area contributed by atoms with Gasteiger partial charge in [-0.3, -0.25) is 9.89 Å². The third-order valence-electron chi connectivity index (χ3n) is 3.46. The number of methoxy groups -OCH3 is 1. The maximum Gasteiger partial charge on any atom is 0.228 e. The topological polar surface area (TPSA) is 93.0 Å². The number of nitrogens with zero attached hydrogens (tertiary/aromatic N) is 1. The highest BCUT2D eigenvalue weighted by Crippen LogP contribution is 2.25. The van der Waals surface area contributed by atoms with Crippen molar-refractivity contribution < 1.29 is 9.53 Å². The molecule has 118 valence electrons. The number of ether oxygens (including phenoxy) is 1. The number of carbonyl (C=O) groups is 1. The molecule has 6 nitrogen and oxygen atoms in total. The van der Waals surface area contributed by atoms with E-state index in [0.29, 0.717) is 22.3 Å². The van der Waals surface area contributed by atoms with E-state index in [2.05, 4.69) is 15.5 Å². The van der Waals surface area contributed by atoms with Crippen molar-refractivity contribution in [2.45, 2.75) is 6.42 Å². The van der Waals surface area contributed by atoms with Crippen LogP contribution in [0.5, 0.6) is 5.75 Å². The number of fused-ring (bicyclic) bond motifs is 1. The normalized spacial score (nSPS) is 10.7. The number of halogens is 1. The lowest BCUT2D eigenvalue weighted by atomic mass is 10.1. The molecule has 0 saturated heterocycles. The molecule has 0 atom stereocenters. The van der Waals surface area contributed by atoms with Crippen molar-refractivity contribution >= 4 is 39.9 Å². The van der Waals surface area contributed by atoms with Gasteiger partial charge in [0.2, 0.25) is 5.91 Å². The molecule has 0 fully saturated rings. The Morgan fingerprint density at radius 3 is 2.91 bits per heavy atom. The van der Waals surface area contributed by atoms with Gasteiger partial charge in [-0.1, -0.05) is 17.7 Å². The fourth-order valence-corrected chi connectivity index (χ4v) is 2.61. The Morgan fingerprint density at radius 2 is 2.17 bits per heavy atom. The van der Waals surface area contributed by atoms with Gasteiger partial charge in [-0.05, 0) is 35.9 Å². The van der Waals surface area contributed by atoms with Crippen LogP contribution in [0.4, 0.5) is 11.5 Å². The van der Waals surface area contributed by atoms with E-state index in [1.807, 2.05) is 12.1 Å². The number of hydrogen-bond donors (Lipinski definition) is 3. The molecule has 0 aliphatic heterocycles. The molecule has 0 aliphatic carbocycles. The number of carbonyl (C=O) groups excluding carboxylic acids is 1. The van der Waals surface area contributed by atoms with Crippen molar-refractivity contribution in [1.29, 1.82) is 0 Å². The number of nitrogen functional groups attached to an aromatic ring is 1. The van der Waals surface area contributed by atoms with E-state index in [4.69, 9.17) is 22.1 Å². The number of nitrogens with two attached hydrogens (primary N) is 1. The second-order valence-corrected chi connectivity index (χ2v) is 5.47. The van der Waals surface area contributed by atoms with E-state index in [0.717, 1.165) is 16.5 Å². The molecule has 0 aliphatic rings. The Labute approximate surface area is 137 Å². The van der Waals surface area contributed by atoms with Crippen LogP contribution in [0, 0.1) is 0 Å². The van der Waals surface area contributed by atoms with Gasteiger partial charge in [-0.2, -0.15) is 5.10 Å². The van der Waals surface area contributed by atoms with Gasteiger partial charge in [-0.25, -0.2) is 0 Å². The minimum atomic E-state index is -0.141. The Morgan fingerprint density at radius 1 is 1.35 bits per heavy atom. The highest BCUT2D eigenvalue weighted by Gasteiger charge is 2.09. The van der Waals surface area contributed by atoms with Gasteiger partial charge in [0.05, 0.1) is 24.1 Å². The van der Waals surface area contributed by atoms with E-state index in [-0.39, 0.29) is 12.3 Å². The Kier molecular flexibility index (Phi) is 4.08. The van der Waals surface area contributed by atoms with Gasteiger partial charge >= 0.3 is 0 Å². The molecule has 1 aromatic heterocycles. The number of amides is 1. The lowest BCUT2D eigenvalue weighted by Crippen LogP contribution is -2.14. The highest BCUT2D eigenvalue weighted by molar-refractivity contribution is 6.32. The van der Waals surface area contributed by atoms with E-state index < -0.39 is 0 Å². The van der Waals surface area contributed by atoms with Gasteiger partial charge in [0, 0.05) is 11.1 Å². The van der Waals surface area contributed by atoms with Crippen LogP contribution in [0.1, 0.15) is 5.56 Å². The molecule has 1 heterocycles. The second kappa shape index (κ2) is 6.18. The lowest BCUT2D eigenvalue weighted by Gasteiger charge is -2.07. The predicted molar refractivity (Wildman–Crippen MR) is 90.8 cm³/mol. The van der Waals surface area contributed by atoms with Crippen molar-refractivity contribution in [1.82, 2.24) is 10.2 Å². The quantitative estimate of drug-likeness (QED) is 0.685. The zero-order valence-corrected chi connectivity index (χ0v) is 13.1. The number of H-pyrrole nitrogens is 1. The van der Waals surface area contributed by atoms with Crippen LogP contribution in [-0.2, 0) is 11.2 Å². The molecule has 1 amide bonds. The average Bonchev–Trinajstić information content (AvgIpc) is 2.88. The summed E-state index contributed by atoms with van der Waals surface area (Å²) in [4.78, 5) is 12.2. The van der Waals surface area contributed by atoms with Crippen LogP contribution < -0.4 is 15.8 Å². The minimum Gasteiger partial charge on any atom is -0.495 e. The zero-order valence-electron chi connectivity index (χ0n) is 12.4. The number of aromatic amines is 1. The monoisotopic (exact) mass is 330 g/mol. The van der Waals surface area contributed by atoms with Crippen molar-refractivity contribution in [2.24, 2.45) is 0 Å². The molecule has 0 radical (unpaired) electrons. The molecule has 4 N–H and O–H groups in total. The molecule has 3 aromatic rings. The molecular weight excluding hydrogens is 316 g/mol. The van der Waals surface area contributed by atoms with E-state index in [1.165, 1.54) is 0 Å². The fourth-order valence-electron chi connectivity index (χ4n) is 2.33. The van der Waals surface area contributed by atoms with Crippen LogP contribution >= 0.6 is 11.6 Å². The molecule has 7 heteroatoms. The van der Waals surface area contributed by atoms with Gasteiger partial charge in [-0.15, -0.1) is 0 Å². The number of hydrogen-bond acceptors (Lipinski definition) is 4. The largest absolute Gasteiger partial charge is 0.495 e. The second-order valence-electron chi connectivity index (χ2n) is 5.06. The molecule has 0 spiro atoms. The molecular formula is C16H15ClN4O2. The van der Waals surface area contributed by atoms with Crippen LogP contribution in [0.25, 0.3) is 10.9 Å². The average molecular weight is 331 g/mol. The molecule has 23 heavy (non-hydrogen) atoms. The zero-order chi connectivity index (χ0) is 16.4. The van der Waals surface area contributed by atoms with E-state index in [1.54, 1.807) is 31.4 Å². The molecule has 0 bridgehead atoms. The number of rotatable bonds is 4. The first-order valence-electron chi connectivity index (χ1n) is 6.92. The van der Waals surface area contributed by atoms with Crippen LogP contribution in [0.3, 0.4) is 0 Å². The third-order valence-corrected chi connectivity index (χ3v) is 3.75. The van der Waals surface area contributed by atoms with Gasteiger partial charge < -0.3 is 15.8 Å². The summed E-state index contributed by atoms with van der Waals surface area (Å²) in [6.45, 7) is 0. The fraction of sp³-hybridized carbons (Fsp3) is 0.125. The Balaban J connectivity index is 1.71. The summed E-state index contributed by atoms with van der Waals surface area (Å²) in [6.07, 6.45) is 0.215. The summed E-state index contributed by atoms with van der Waals surface area (Å²) in [6, 6.07) is 10.7. The highest BCUT2D eigenvalue weighted by atomic mass is 35.5. The van der Waals surface area contributed by atoms with Gasteiger partial charge in [0.1, 0.15) is 5.75 Å². The molecule has 0 saturated carbocycles. The van der Waals surface area contributed by atoms with Crippen molar-refractivity contribution in [3.8, 4) is 5.75 Å². The summed E-state index contributed by atoms with van der Waals surface area (Å²) in [5.41, 5.74) is 7.96. The van der Waals surface area contributed by atoms with Crippen molar-refractivity contribution in [3.63, 3.8) is 0 Å². The third kappa shape index (κ3) is 3.22. The number of aromatic nitrogens is 2. The summed E-state index contributed by atoms with van der Waals surface area (Å²) >= 11 is 6.06. The summed E-state index contributed by atoms with van der Waals surface area (Å²) in [5.74, 6) is 0.877. The minimum absolute atomic E-state index is 0.141.